The molecule has 0 radical (unpaired) electrons. The maximum absolute atomic E-state index is 12.5. The lowest BCUT2D eigenvalue weighted by atomic mass is 10.1. The number of hydrogen-bond donors (Lipinski definition) is 1. The number of aromatic nitrogens is 1. The Morgan fingerprint density at radius 1 is 1.24 bits per heavy atom. The van der Waals surface area contributed by atoms with E-state index in [1.807, 2.05) is 12.1 Å². The fraction of sp³-hybridized carbons (Fsp3) is 0.267. The molecule has 6 heteroatoms. The third-order valence-corrected chi connectivity index (χ3v) is 5.20. The SMILES string of the molecule is O=S(=O)(N[C@@H](c1cccnc1)C1CC1)c1cccc(Cl)c1. The summed E-state index contributed by atoms with van der Waals surface area (Å²) in [4.78, 5) is 4.26. The Hall–Kier alpha value is -1.43. The van der Waals surface area contributed by atoms with Crippen LogP contribution in [0.5, 0.6) is 0 Å². The van der Waals surface area contributed by atoms with Gasteiger partial charge in [-0.25, -0.2) is 13.1 Å². The Morgan fingerprint density at radius 2 is 2.05 bits per heavy atom. The van der Waals surface area contributed by atoms with Gasteiger partial charge in [0.15, 0.2) is 0 Å². The summed E-state index contributed by atoms with van der Waals surface area (Å²) in [7, 11) is -3.60. The summed E-state index contributed by atoms with van der Waals surface area (Å²) >= 11 is 5.88. The zero-order chi connectivity index (χ0) is 14.9. The predicted octanol–water partition coefficient (Wildman–Crippen LogP) is 3.16. The van der Waals surface area contributed by atoms with Crippen molar-refractivity contribution in [3.8, 4) is 0 Å². The molecule has 0 amide bonds. The molecule has 1 heterocycles. The highest BCUT2D eigenvalue weighted by Gasteiger charge is 2.35. The first kappa shape index (κ1) is 14.5. The highest BCUT2D eigenvalue weighted by atomic mass is 35.5. The molecule has 1 aliphatic carbocycles. The lowest BCUT2D eigenvalue weighted by Gasteiger charge is -2.18. The van der Waals surface area contributed by atoms with Crippen molar-refractivity contribution in [3.05, 3.63) is 59.4 Å². The van der Waals surface area contributed by atoms with Crippen molar-refractivity contribution in [3.63, 3.8) is 0 Å². The van der Waals surface area contributed by atoms with Crippen LogP contribution in [0.15, 0.2) is 53.7 Å². The molecule has 1 atom stereocenters. The van der Waals surface area contributed by atoms with Gasteiger partial charge in [0, 0.05) is 17.4 Å². The first-order valence-corrected chi connectivity index (χ1v) is 8.60. The molecule has 0 aliphatic heterocycles. The van der Waals surface area contributed by atoms with Crippen molar-refractivity contribution in [2.24, 2.45) is 5.92 Å². The van der Waals surface area contributed by atoms with Gasteiger partial charge in [-0.2, -0.15) is 0 Å². The molecular formula is C15H15ClN2O2S. The first-order chi connectivity index (χ1) is 10.1. The zero-order valence-corrected chi connectivity index (χ0v) is 12.8. The largest absolute Gasteiger partial charge is 0.264 e. The van der Waals surface area contributed by atoms with Crippen molar-refractivity contribution in [1.82, 2.24) is 9.71 Å². The summed E-state index contributed by atoms with van der Waals surface area (Å²) < 4.78 is 27.8. The smallest absolute Gasteiger partial charge is 0.241 e. The second-order valence-electron chi connectivity index (χ2n) is 5.18. The van der Waals surface area contributed by atoms with Crippen LogP contribution in [0.1, 0.15) is 24.4 Å². The predicted molar refractivity (Wildman–Crippen MR) is 81.5 cm³/mol. The van der Waals surface area contributed by atoms with Gasteiger partial charge < -0.3 is 0 Å². The van der Waals surface area contributed by atoms with E-state index in [-0.39, 0.29) is 10.9 Å². The average molecular weight is 323 g/mol. The maximum Gasteiger partial charge on any atom is 0.241 e. The Bertz CT molecular complexity index is 730. The summed E-state index contributed by atoms with van der Waals surface area (Å²) in [5, 5.41) is 0.405. The molecule has 1 N–H and O–H groups in total. The van der Waals surface area contributed by atoms with Crippen LogP contribution in [0, 0.1) is 5.92 Å². The monoisotopic (exact) mass is 322 g/mol. The fourth-order valence-electron chi connectivity index (χ4n) is 2.30. The number of halogens is 1. The van der Waals surface area contributed by atoms with Crippen LogP contribution < -0.4 is 4.72 Å². The van der Waals surface area contributed by atoms with Crippen molar-refractivity contribution in [2.75, 3.05) is 0 Å². The molecule has 1 aromatic heterocycles. The minimum Gasteiger partial charge on any atom is -0.264 e. The van der Waals surface area contributed by atoms with Gasteiger partial charge in [0.05, 0.1) is 10.9 Å². The summed E-state index contributed by atoms with van der Waals surface area (Å²) in [6.45, 7) is 0. The van der Waals surface area contributed by atoms with E-state index < -0.39 is 10.0 Å². The normalized spacial score (nSPS) is 16.6. The van der Waals surface area contributed by atoms with Crippen LogP contribution in [-0.4, -0.2) is 13.4 Å². The number of hydrogen-bond acceptors (Lipinski definition) is 3. The van der Waals surface area contributed by atoms with E-state index in [0.29, 0.717) is 10.9 Å². The summed E-state index contributed by atoms with van der Waals surface area (Å²) in [6.07, 6.45) is 5.44. The minimum atomic E-state index is -3.60. The Kier molecular flexibility index (Phi) is 3.97. The highest BCUT2D eigenvalue weighted by molar-refractivity contribution is 7.89. The highest BCUT2D eigenvalue weighted by Crippen LogP contribution is 2.41. The molecule has 4 nitrogen and oxygen atoms in total. The van der Waals surface area contributed by atoms with Crippen molar-refractivity contribution >= 4 is 21.6 Å². The van der Waals surface area contributed by atoms with Crippen LogP contribution in [0.4, 0.5) is 0 Å². The van der Waals surface area contributed by atoms with E-state index >= 15 is 0 Å². The lowest BCUT2D eigenvalue weighted by Crippen LogP contribution is -2.30. The Balaban J connectivity index is 1.89. The molecule has 2 aromatic rings. The molecule has 1 aromatic carbocycles. The molecule has 110 valence electrons. The minimum absolute atomic E-state index is 0.185. The number of nitrogens with one attached hydrogen (secondary N) is 1. The van der Waals surface area contributed by atoms with Gasteiger partial charge in [-0.15, -0.1) is 0 Å². The molecular weight excluding hydrogens is 308 g/mol. The zero-order valence-electron chi connectivity index (χ0n) is 11.2. The summed E-state index contributed by atoms with van der Waals surface area (Å²) in [5.41, 5.74) is 0.894. The molecule has 1 fully saturated rings. The molecule has 0 bridgehead atoms. The average Bonchev–Trinajstić information content (AvgIpc) is 3.30. The summed E-state index contributed by atoms with van der Waals surface area (Å²) in [6, 6.07) is 9.77. The number of rotatable bonds is 5. The topological polar surface area (TPSA) is 59.1 Å². The van der Waals surface area contributed by atoms with Gasteiger partial charge in [0.25, 0.3) is 0 Å². The van der Waals surface area contributed by atoms with Crippen molar-refractivity contribution in [1.29, 1.82) is 0 Å². The standard InChI is InChI=1S/C15H15ClN2O2S/c16-13-4-1-5-14(9-13)21(19,20)18-15(11-6-7-11)12-3-2-8-17-10-12/h1-5,8-11,15,18H,6-7H2/t15-/m1/s1. The van der Waals surface area contributed by atoms with E-state index in [1.165, 1.54) is 6.07 Å². The number of pyridine rings is 1. The molecule has 1 aliphatic rings. The molecule has 1 saturated carbocycles. The van der Waals surface area contributed by atoms with E-state index in [4.69, 9.17) is 11.6 Å². The number of sulfonamides is 1. The van der Waals surface area contributed by atoms with Crippen LogP contribution in [0.3, 0.4) is 0 Å². The third-order valence-electron chi connectivity index (χ3n) is 3.53. The second-order valence-corrected chi connectivity index (χ2v) is 7.33. The van der Waals surface area contributed by atoms with Crippen molar-refractivity contribution < 1.29 is 8.42 Å². The van der Waals surface area contributed by atoms with E-state index in [9.17, 15) is 8.42 Å². The van der Waals surface area contributed by atoms with Crippen LogP contribution in [-0.2, 0) is 10.0 Å². The molecule has 3 rings (SSSR count). The van der Waals surface area contributed by atoms with Crippen molar-refractivity contribution in [2.45, 2.75) is 23.8 Å². The molecule has 0 unspecified atom stereocenters. The molecule has 21 heavy (non-hydrogen) atoms. The van der Waals surface area contributed by atoms with Gasteiger partial charge in [-0.1, -0.05) is 23.7 Å². The van der Waals surface area contributed by atoms with E-state index in [2.05, 4.69) is 9.71 Å². The lowest BCUT2D eigenvalue weighted by molar-refractivity contribution is 0.528. The van der Waals surface area contributed by atoms with Gasteiger partial charge >= 0.3 is 0 Å². The molecule has 0 spiro atoms. The van der Waals surface area contributed by atoms with Crippen LogP contribution in [0.2, 0.25) is 5.02 Å². The van der Waals surface area contributed by atoms with E-state index in [0.717, 1.165) is 18.4 Å². The van der Waals surface area contributed by atoms with E-state index in [1.54, 1.807) is 30.6 Å². The molecule has 0 saturated heterocycles. The van der Waals surface area contributed by atoms with Gasteiger partial charge in [0.2, 0.25) is 10.0 Å². The summed E-state index contributed by atoms with van der Waals surface area (Å²) in [5.74, 6) is 0.336. The van der Waals surface area contributed by atoms with Crippen LogP contribution in [0.25, 0.3) is 0 Å². The Labute approximate surface area is 129 Å². The van der Waals surface area contributed by atoms with Gasteiger partial charge in [-0.05, 0) is 48.6 Å². The number of nitrogens with zero attached hydrogens (tertiary/aromatic N) is 1. The first-order valence-electron chi connectivity index (χ1n) is 6.74. The Morgan fingerprint density at radius 3 is 2.67 bits per heavy atom. The number of benzene rings is 1. The second kappa shape index (κ2) is 5.75. The quantitative estimate of drug-likeness (QED) is 0.919. The van der Waals surface area contributed by atoms with Gasteiger partial charge in [0.1, 0.15) is 0 Å². The fourth-order valence-corrected chi connectivity index (χ4v) is 3.89. The van der Waals surface area contributed by atoms with Crippen LogP contribution >= 0.6 is 11.6 Å². The third kappa shape index (κ3) is 3.43. The van der Waals surface area contributed by atoms with Gasteiger partial charge in [-0.3, -0.25) is 4.98 Å². The maximum atomic E-state index is 12.5.